The fourth-order valence-corrected chi connectivity index (χ4v) is 8.78. The number of hydrogen-bond donors (Lipinski definition) is 1. The van der Waals surface area contributed by atoms with Crippen molar-refractivity contribution in [3.8, 4) is 0 Å². The van der Waals surface area contributed by atoms with Crippen LogP contribution in [0.15, 0.2) is 29.2 Å². The average molecular weight is 509 g/mol. The molecular weight excluding hydrogens is 476 g/mol. The van der Waals surface area contributed by atoms with Gasteiger partial charge in [0.25, 0.3) is 5.91 Å². The number of halogens is 1. The van der Waals surface area contributed by atoms with Gasteiger partial charge in [0, 0.05) is 23.5 Å². The van der Waals surface area contributed by atoms with E-state index in [-0.39, 0.29) is 29.4 Å². The number of carbonyl (C=O) groups is 1. The van der Waals surface area contributed by atoms with Crippen LogP contribution in [0.25, 0.3) is 0 Å². The Morgan fingerprint density at radius 2 is 1.71 bits per heavy atom. The first-order chi connectivity index (χ1) is 16.3. The van der Waals surface area contributed by atoms with Crippen LogP contribution in [-0.4, -0.2) is 73.1 Å². The Bertz CT molecular complexity index is 1040. The molecule has 0 aromatic heterocycles. The summed E-state index contributed by atoms with van der Waals surface area (Å²) in [6.45, 7) is 1.97. The van der Waals surface area contributed by atoms with Crippen molar-refractivity contribution in [1.29, 1.82) is 0 Å². The minimum atomic E-state index is -3.86. The van der Waals surface area contributed by atoms with Crippen LogP contribution in [0.4, 0.5) is 0 Å². The maximum atomic E-state index is 14.0. The Labute approximate surface area is 206 Å². The normalized spacial score (nSPS) is 34.1. The van der Waals surface area contributed by atoms with Gasteiger partial charge in [-0.3, -0.25) is 4.79 Å². The van der Waals surface area contributed by atoms with E-state index in [1.54, 1.807) is 28.6 Å². The summed E-state index contributed by atoms with van der Waals surface area (Å²) in [5.74, 6) is 1.09. The van der Waals surface area contributed by atoms with Crippen molar-refractivity contribution in [3.05, 3.63) is 29.3 Å². The summed E-state index contributed by atoms with van der Waals surface area (Å²) >= 11 is 6.02. The Kier molecular flexibility index (Phi) is 5.77. The van der Waals surface area contributed by atoms with Gasteiger partial charge in [-0.15, -0.1) is 0 Å². The lowest BCUT2D eigenvalue weighted by molar-refractivity contribution is -0.150. The molecule has 5 fully saturated rings. The lowest BCUT2D eigenvalue weighted by Crippen LogP contribution is -2.62. The number of carbonyl (C=O) groups excluding carboxylic acids is 1. The SMILES string of the molecule is O=C(C(O)C1([C@H]2COC[C@@H](C3CC3)N2S(=O)(=O)c2ccc(Cl)cc2)CC1)N1CC2CCC(C2)C1. The van der Waals surface area contributed by atoms with Gasteiger partial charge in [0.05, 0.1) is 30.2 Å². The van der Waals surface area contributed by atoms with E-state index in [0.29, 0.717) is 49.4 Å². The van der Waals surface area contributed by atoms with Crippen LogP contribution in [0.1, 0.15) is 44.9 Å². The molecule has 186 valence electrons. The summed E-state index contributed by atoms with van der Waals surface area (Å²) in [6, 6.07) is 5.42. The van der Waals surface area contributed by atoms with E-state index in [9.17, 15) is 18.3 Å². The zero-order valence-corrected chi connectivity index (χ0v) is 20.9. The third-order valence-corrected chi connectivity index (χ3v) is 11.1. The number of piperidine rings is 1. The molecule has 3 saturated carbocycles. The Morgan fingerprint density at radius 3 is 2.29 bits per heavy atom. The highest BCUT2D eigenvalue weighted by Gasteiger charge is 2.64. The second-order valence-corrected chi connectivity index (χ2v) is 13.5. The number of aliphatic hydroxyl groups is 1. The minimum Gasteiger partial charge on any atom is -0.383 e. The van der Waals surface area contributed by atoms with Gasteiger partial charge >= 0.3 is 0 Å². The predicted octanol–water partition coefficient (Wildman–Crippen LogP) is 2.91. The summed E-state index contributed by atoms with van der Waals surface area (Å²) in [6.07, 6.45) is 5.47. The quantitative estimate of drug-likeness (QED) is 0.638. The van der Waals surface area contributed by atoms with Crippen molar-refractivity contribution in [3.63, 3.8) is 0 Å². The molecule has 5 atom stereocenters. The Balaban J connectivity index is 1.31. The van der Waals surface area contributed by atoms with Crippen LogP contribution in [0.5, 0.6) is 0 Å². The molecule has 2 saturated heterocycles. The molecule has 0 spiro atoms. The number of likely N-dealkylation sites (tertiary alicyclic amines) is 1. The van der Waals surface area contributed by atoms with E-state index in [0.717, 1.165) is 25.7 Å². The van der Waals surface area contributed by atoms with E-state index in [1.807, 2.05) is 4.90 Å². The maximum Gasteiger partial charge on any atom is 0.252 e. The molecule has 2 bridgehead atoms. The first-order valence-corrected chi connectivity index (χ1v) is 14.4. The lowest BCUT2D eigenvalue weighted by Gasteiger charge is -2.46. The molecule has 3 aliphatic carbocycles. The highest BCUT2D eigenvalue weighted by molar-refractivity contribution is 7.89. The second-order valence-electron chi connectivity index (χ2n) is 11.2. The number of hydrogen-bond acceptors (Lipinski definition) is 5. The molecule has 34 heavy (non-hydrogen) atoms. The average Bonchev–Trinajstić information content (AvgIpc) is 3.76. The molecule has 0 radical (unpaired) electrons. The first kappa shape index (κ1) is 23.2. The molecule has 7 nitrogen and oxygen atoms in total. The van der Waals surface area contributed by atoms with Crippen molar-refractivity contribution in [2.24, 2.45) is 23.2 Å². The summed E-state index contributed by atoms with van der Waals surface area (Å²) in [5, 5.41) is 11.9. The topological polar surface area (TPSA) is 87.1 Å². The number of ether oxygens (including phenoxy) is 1. The van der Waals surface area contributed by atoms with Crippen LogP contribution in [0, 0.1) is 23.2 Å². The van der Waals surface area contributed by atoms with Crippen LogP contribution >= 0.6 is 11.6 Å². The number of nitrogens with zero attached hydrogens (tertiary/aromatic N) is 2. The highest BCUT2D eigenvalue weighted by atomic mass is 35.5. The number of benzene rings is 1. The summed E-state index contributed by atoms with van der Waals surface area (Å²) in [4.78, 5) is 15.5. The van der Waals surface area contributed by atoms with Gasteiger partial charge in [-0.05, 0) is 87.0 Å². The van der Waals surface area contributed by atoms with E-state index in [1.165, 1.54) is 6.42 Å². The molecule has 9 heteroatoms. The predicted molar refractivity (Wildman–Crippen MR) is 127 cm³/mol. The number of amides is 1. The number of aliphatic hydroxyl groups excluding tert-OH is 1. The minimum absolute atomic E-state index is 0.193. The first-order valence-electron chi connectivity index (χ1n) is 12.6. The monoisotopic (exact) mass is 508 g/mol. The van der Waals surface area contributed by atoms with Crippen LogP contribution in [0.2, 0.25) is 5.02 Å². The van der Waals surface area contributed by atoms with Gasteiger partial charge in [-0.25, -0.2) is 8.42 Å². The van der Waals surface area contributed by atoms with Crippen LogP contribution in [-0.2, 0) is 19.6 Å². The van der Waals surface area contributed by atoms with Crippen LogP contribution < -0.4 is 0 Å². The Hall–Kier alpha value is -1.19. The van der Waals surface area contributed by atoms with Crippen molar-refractivity contribution >= 4 is 27.5 Å². The van der Waals surface area contributed by atoms with E-state index in [4.69, 9.17) is 16.3 Å². The summed E-state index contributed by atoms with van der Waals surface area (Å²) in [7, 11) is -3.86. The van der Waals surface area contributed by atoms with Gasteiger partial charge in [0.2, 0.25) is 10.0 Å². The van der Waals surface area contributed by atoms with E-state index in [2.05, 4.69) is 0 Å². The number of fused-ring (bicyclic) bond motifs is 2. The maximum absolute atomic E-state index is 14.0. The molecule has 1 aromatic rings. The van der Waals surface area contributed by atoms with Crippen molar-refractivity contribution in [2.45, 2.75) is 68.0 Å². The standard InChI is InChI=1S/C25H33ClN2O5S/c26-19-5-7-20(8-6-19)34(31,32)28-21(18-3-4-18)14-33-15-22(28)25(9-10-25)23(29)24(30)27-12-16-1-2-17(11-16)13-27/h5-8,16-18,21-23,29H,1-4,9-15H2/t16?,17?,21-,22+,23?/m0/s1. The van der Waals surface area contributed by atoms with Crippen molar-refractivity contribution < 1.29 is 23.1 Å². The molecule has 2 heterocycles. The van der Waals surface area contributed by atoms with E-state index < -0.39 is 27.6 Å². The zero-order chi connectivity index (χ0) is 23.7. The largest absolute Gasteiger partial charge is 0.383 e. The Morgan fingerprint density at radius 1 is 1.06 bits per heavy atom. The lowest BCUT2D eigenvalue weighted by atomic mass is 9.87. The molecule has 3 unspecified atom stereocenters. The summed E-state index contributed by atoms with van der Waals surface area (Å²) in [5.41, 5.74) is -0.791. The van der Waals surface area contributed by atoms with E-state index >= 15 is 0 Å². The molecule has 2 aliphatic heterocycles. The van der Waals surface area contributed by atoms with Gasteiger partial charge in [0.15, 0.2) is 0 Å². The van der Waals surface area contributed by atoms with Gasteiger partial charge in [0.1, 0.15) is 6.10 Å². The third-order valence-electron chi connectivity index (χ3n) is 8.94. The zero-order valence-electron chi connectivity index (χ0n) is 19.3. The van der Waals surface area contributed by atoms with Gasteiger partial charge in [-0.2, -0.15) is 4.31 Å². The third kappa shape index (κ3) is 3.90. The second kappa shape index (κ2) is 8.44. The summed E-state index contributed by atoms with van der Waals surface area (Å²) < 4.78 is 35.5. The highest BCUT2D eigenvalue weighted by Crippen LogP contribution is 2.57. The molecule has 5 aliphatic rings. The fourth-order valence-electron chi connectivity index (χ4n) is 6.74. The fraction of sp³-hybridized carbons (Fsp3) is 0.720. The van der Waals surface area contributed by atoms with Gasteiger partial charge in [-0.1, -0.05) is 11.6 Å². The van der Waals surface area contributed by atoms with Crippen molar-refractivity contribution in [2.75, 3.05) is 26.3 Å². The van der Waals surface area contributed by atoms with Crippen molar-refractivity contribution in [1.82, 2.24) is 9.21 Å². The molecule has 6 rings (SSSR count). The van der Waals surface area contributed by atoms with Crippen LogP contribution in [0.3, 0.4) is 0 Å². The molecular formula is C25H33ClN2O5S. The number of morpholine rings is 1. The van der Waals surface area contributed by atoms with Gasteiger partial charge < -0.3 is 14.7 Å². The number of rotatable bonds is 6. The smallest absolute Gasteiger partial charge is 0.252 e. The molecule has 1 amide bonds. The molecule has 1 N–H and O–H groups in total. The number of sulfonamides is 1. The molecule has 1 aromatic carbocycles.